The molecule has 0 bridgehead atoms. The highest BCUT2D eigenvalue weighted by Gasteiger charge is 2.27. The molecule has 1 atom stereocenters. The number of ether oxygens (including phenoxy) is 1. The van der Waals surface area contributed by atoms with Crippen molar-refractivity contribution in [1.29, 1.82) is 0 Å². The van der Waals surface area contributed by atoms with Gasteiger partial charge >= 0.3 is 6.03 Å². The number of benzene rings is 2. The molecule has 1 aliphatic heterocycles. The van der Waals surface area contributed by atoms with Gasteiger partial charge in [0.15, 0.2) is 6.10 Å². The Bertz CT molecular complexity index is 868. The first kappa shape index (κ1) is 21.0. The number of nitrogens with one attached hydrogen (secondary N) is 1. The molecule has 6 nitrogen and oxygen atoms in total. The normalized spacial score (nSPS) is 15.6. The van der Waals surface area contributed by atoms with Gasteiger partial charge in [0.25, 0.3) is 0 Å². The van der Waals surface area contributed by atoms with Gasteiger partial charge in [-0.15, -0.1) is 0 Å². The van der Waals surface area contributed by atoms with E-state index in [4.69, 9.17) is 21.2 Å². The van der Waals surface area contributed by atoms with Gasteiger partial charge < -0.3 is 19.8 Å². The van der Waals surface area contributed by atoms with E-state index in [1.807, 2.05) is 62.4 Å². The first-order valence-corrected chi connectivity index (χ1v) is 9.99. The Hall–Kier alpha value is -2.73. The van der Waals surface area contributed by atoms with Crippen LogP contribution < -0.4 is 10.1 Å². The van der Waals surface area contributed by atoms with E-state index in [0.29, 0.717) is 24.5 Å². The molecule has 0 aliphatic carbocycles. The van der Waals surface area contributed by atoms with Crippen molar-refractivity contribution in [3.63, 3.8) is 0 Å². The molecule has 0 saturated heterocycles. The second-order valence-electron chi connectivity index (χ2n) is 7.31. The zero-order chi connectivity index (χ0) is 20.8. The van der Waals surface area contributed by atoms with Crippen LogP contribution >= 0.6 is 11.6 Å². The minimum atomic E-state index is -0.204. The van der Waals surface area contributed by atoms with Crippen LogP contribution in [0.4, 0.5) is 4.79 Å². The molecular weight excluding hydrogens is 390 g/mol. The second kappa shape index (κ2) is 9.65. The second-order valence-corrected chi connectivity index (χ2v) is 7.75. The molecule has 0 saturated carbocycles. The first-order chi connectivity index (χ1) is 13.9. The molecule has 0 aromatic heterocycles. The van der Waals surface area contributed by atoms with Crippen molar-refractivity contribution in [2.45, 2.75) is 39.0 Å². The molecule has 154 valence electrons. The molecule has 1 heterocycles. The van der Waals surface area contributed by atoms with Gasteiger partial charge in [-0.05, 0) is 61.4 Å². The van der Waals surface area contributed by atoms with Crippen LogP contribution in [0, 0.1) is 0 Å². The van der Waals surface area contributed by atoms with E-state index in [2.05, 4.69) is 10.5 Å². The number of hydrogen-bond acceptors (Lipinski definition) is 4. The van der Waals surface area contributed by atoms with Crippen LogP contribution in [0.2, 0.25) is 5.02 Å². The van der Waals surface area contributed by atoms with Gasteiger partial charge in [-0.3, -0.25) is 0 Å². The molecule has 2 amide bonds. The van der Waals surface area contributed by atoms with E-state index in [0.717, 1.165) is 22.6 Å². The predicted octanol–water partition coefficient (Wildman–Crippen LogP) is 4.46. The summed E-state index contributed by atoms with van der Waals surface area (Å²) in [6.45, 7) is 4.74. The molecule has 0 spiro atoms. The standard InChI is InChI=1S/C22H26ClN3O3/c1-15(2)24-22(27)26(13-16-5-4-6-18(23)11-16)14-20-12-21(25-29-20)17-7-9-19(28-3)10-8-17/h4-11,15,20H,12-14H2,1-3H3,(H,24,27). The number of carbonyl (C=O) groups excluding carboxylic acids is 1. The SMILES string of the molecule is COc1ccc(C2=NOC(CN(Cc3cccc(Cl)c3)C(=O)NC(C)C)C2)cc1. The van der Waals surface area contributed by atoms with E-state index in [1.165, 1.54) is 0 Å². The number of amides is 2. The molecule has 7 heteroatoms. The fraction of sp³-hybridized carbons (Fsp3) is 0.364. The third-order valence-electron chi connectivity index (χ3n) is 4.54. The molecular formula is C22H26ClN3O3. The van der Waals surface area contributed by atoms with Gasteiger partial charge in [-0.1, -0.05) is 28.9 Å². The van der Waals surface area contributed by atoms with Crippen molar-refractivity contribution in [1.82, 2.24) is 10.2 Å². The summed E-state index contributed by atoms with van der Waals surface area (Å²) in [4.78, 5) is 20.1. The first-order valence-electron chi connectivity index (χ1n) is 9.61. The van der Waals surface area contributed by atoms with Crippen molar-refractivity contribution in [3.05, 3.63) is 64.7 Å². The Morgan fingerprint density at radius 3 is 2.72 bits per heavy atom. The highest BCUT2D eigenvalue weighted by atomic mass is 35.5. The van der Waals surface area contributed by atoms with E-state index < -0.39 is 0 Å². The number of nitrogens with zero attached hydrogens (tertiary/aromatic N) is 2. The molecule has 29 heavy (non-hydrogen) atoms. The van der Waals surface area contributed by atoms with Gasteiger partial charge in [-0.25, -0.2) is 4.79 Å². The minimum absolute atomic E-state index is 0.0416. The summed E-state index contributed by atoms with van der Waals surface area (Å²) in [6, 6.07) is 15.1. The van der Waals surface area contributed by atoms with Gasteiger partial charge in [0.05, 0.1) is 19.4 Å². The quantitative estimate of drug-likeness (QED) is 0.726. The molecule has 0 radical (unpaired) electrons. The Balaban J connectivity index is 1.66. The van der Waals surface area contributed by atoms with Crippen molar-refractivity contribution < 1.29 is 14.4 Å². The lowest BCUT2D eigenvalue weighted by molar-refractivity contribution is 0.0586. The number of halogens is 1. The van der Waals surface area contributed by atoms with Crippen LogP contribution in [0.15, 0.2) is 53.7 Å². The molecule has 0 fully saturated rings. The van der Waals surface area contributed by atoms with E-state index in [-0.39, 0.29) is 18.2 Å². The number of rotatable bonds is 7. The van der Waals surface area contributed by atoms with E-state index in [9.17, 15) is 4.79 Å². The van der Waals surface area contributed by atoms with Gasteiger partial charge in [-0.2, -0.15) is 0 Å². The fourth-order valence-electron chi connectivity index (χ4n) is 3.14. The predicted molar refractivity (Wildman–Crippen MR) is 115 cm³/mol. The van der Waals surface area contributed by atoms with Crippen LogP contribution in [-0.2, 0) is 11.4 Å². The maximum absolute atomic E-state index is 12.7. The Morgan fingerprint density at radius 1 is 1.31 bits per heavy atom. The highest BCUT2D eigenvalue weighted by molar-refractivity contribution is 6.30. The van der Waals surface area contributed by atoms with Gasteiger partial charge in [0, 0.05) is 24.0 Å². The third kappa shape index (κ3) is 5.87. The lowest BCUT2D eigenvalue weighted by Crippen LogP contribution is -2.45. The molecule has 2 aromatic carbocycles. The lowest BCUT2D eigenvalue weighted by Gasteiger charge is -2.26. The highest BCUT2D eigenvalue weighted by Crippen LogP contribution is 2.21. The summed E-state index contributed by atoms with van der Waals surface area (Å²) in [5.41, 5.74) is 2.82. The largest absolute Gasteiger partial charge is 0.497 e. The van der Waals surface area contributed by atoms with E-state index >= 15 is 0 Å². The number of urea groups is 1. The summed E-state index contributed by atoms with van der Waals surface area (Å²) in [5, 5.41) is 7.84. The maximum atomic E-state index is 12.7. The Morgan fingerprint density at radius 2 is 2.07 bits per heavy atom. The summed E-state index contributed by atoms with van der Waals surface area (Å²) >= 11 is 6.10. The fourth-order valence-corrected chi connectivity index (χ4v) is 3.35. The van der Waals surface area contributed by atoms with Crippen LogP contribution in [0.5, 0.6) is 5.75 Å². The zero-order valence-electron chi connectivity index (χ0n) is 16.9. The molecule has 3 rings (SSSR count). The molecule has 1 N–H and O–H groups in total. The number of hydrogen-bond donors (Lipinski definition) is 1. The average molecular weight is 416 g/mol. The average Bonchev–Trinajstić information content (AvgIpc) is 3.15. The van der Waals surface area contributed by atoms with Crippen LogP contribution in [0.25, 0.3) is 0 Å². The van der Waals surface area contributed by atoms with Crippen LogP contribution in [0.3, 0.4) is 0 Å². The zero-order valence-corrected chi connectivity index (χ0v) is 17.6. The van der Waals surface area contributed by atoms with Crippen LogP contribution in [0.1, 0.15) is 31.4 Å². The van der Waals surface area contributed by atoms with Gasteiger partial charge in [0.2, 0.25) is 0 Å². The third-order valence-corrected chi connectivity index (χ3v) is 4.78. The summed E-state index contributed by atoms with van der Waals surface area (Å²) in [5.74, 6) is 0.794. The van der Waals surface area contributed by atoms with Crippen molar-refractivity contribution >= 4 is 23.3 Å². The topological polar surface area (TPSA) is 63.2 Å². The van der Waals surface area contributed by atoms with Crippen molar-refractivity contribution in [3.8, 4) is 5.75 Å². The molecule has 1 aliphatic rings. The van der Waals surface area contributed by atoms with Crippen LogP contribution in [-0.4, -0.2) is 42.4 Å². The summed E-state index contributed by atoms with van der Waals surface area (Å²) in [6.07, 6.45) is 0.428. The van der Waals surface area contributed by atoms with Crippen molar-refractivity contribution in [2.75, 3.05) is 13.7 Å². The number of carbonyl (C=O) groups is 1. The Kier molecular flexibility index (Phi) is 6.99. The molecule has 2 aromatic rings. The lowest BCUT2D eigenvalue weighted by atomic mass is 10.0. The van der Waals surface area contributed by atoms with Crippen molar-refractivity contribution in [2.24, 2.45) is 5.16 Å². The molecule has 1 unspecified atom stereocenters. The summed E-state index contributed by atoms with van der Waals surface area (Å²) < 4.78 is 5.20. The Labute approximate surface area is 176 Å². The number of oxime groups is 1. The number of methoxy groups -OCH3 is 1. The maximum Gasteiger partial charge on any atom is 0.318 e. The smallest absolute Gasteiger partial charge is 0.318 e. The monoisotopic (exact) mass is 415 g/mol. The van der Waals surface area contributed by atoms with E-state index in [1.54, 1.807) is 12.0 Å². The van der Waals surface area contributed by atoms with Gasteiger partial charge in [0.1, 0.15) is 5.75 Å². The summed E-state index contributed by atoms with van der Waals surface area (Å²) in [7, 11) is 1.64. The minimum Gasteiger partial charge on any atom is -0.497 e.